The van der Waals surface area contributed by atoms with Crippen LogP contribution in [0.15, 0.2) is 48.5 Å². The highest BCUT2D eigenvalue weighted by atomic mass is 16.5. The lowest BCUT2D eigenvalue weighted by atomic mass is 10.0. The van der Waals surface area contributed by atoms with Gasteiger partial charge in [0, 0.05) is 31.6 Å². The van der Waals surface area contributed by atoms with E-state index in [-0.39, 0.29) is 5.91 Å². The van der Waals surface area contributed by atoms with Crippen LogP contribution in [0.2, 0.25) is 0 Å². The number of anilines is 1. The van der Waals surface area contributed by atoms with E-state index in [4.69, 9.17) is 19.4 Å². The molecule has 33 heavy (non-hydrogen) atoms. The van der Waals surface area contributed by atoms with Crippen LogP contribution in [0, 0.1) is 6.92 Å². The number of fused-ring (bicyclic) bond motifs is 1. The van der Waals surface area contributed by atoms with Crippen LogP contribution in [-0.4, -0.2) is 47.5 Å². The van der Waals surface area contributed by atoms with E-state index >= 15 is 0 Å². The molecular formula is C26H28N4O3. The standard InChI is InChI=1S/C26H28N4O3/c1-18-8-10-20(11-9-18)33-24-22-17-30(25(31)19-6-5-7-21(16-19)32-2)15-12-23(22)27-26(28-24)29-13-3-4-14-29/h5-11,16H,3-4,12-15,17H2,1-2H3. The summed E-state index contributed by atoms with van der Waals surface area (Å²) in [4.78, 5) is 27.0. The maximum Gasteiger partial charge on any atom is 0.254 e. The molecule has 1 aromatic heterocycles. The van der Waals surface area contributed by atoms with Crippen molar-refractivity contribution >= 4 is 11.9 Å². The van der Waals surface area contributed by atoms with E-state index in [2.05, 4.69) is 4.90 Å². The fraction of sp³-hybridized carbons (Fsp3) is 0.346. The topological polar surface area (TPSA) is 67.8 Å². The van der Waals surface area contributed by atoms with E-state index in [1.807, 2.05) is 54.3 Å². The fourth-order valence-corrected chi connectivity index (χ4v) is 4.34. The Morgan fingerprint density at radius 2 is 1.76 bits per heavy atom. The molecule has 0 aliphatic carbocycles. The highest BCUT2D eigenvalue weighted by Crippen LogP contribution is 2.33. The van der Waals surface area contributed by atoms with Crippen molar-refractivity contribution in [3.63, 3.8) is 0 Å². The first-order valence-electron chi connectivity index (χ1n) is 11.4. The van der Waals surface area contributed by atoms with Crippen molar-refractivity contribution < 1.29 is 14.3 Å². The monoisotopic (exact) mass is 444 g/mol. The van der Waals surface area contributed by atoms with Crippen molar-refractivity contribution in [1.82, 2.24) is 14.9 Å². The molecule has 7 nitrogen and oxygen atoms in total. The van der Waals surface area contributed by atoms with Gasteiger partial charge in [0.25, 0.3) is 5.91 Å². The van der Waals surface area contributed by atoms with Gasteiger partial charge in [-0.2, -0.15) is 4.98 Å². The maximum atomic E-state index is 13.2. The van der Waals surface area contributed by atoms with E-state index in [1.165, 1.54) is 5.56 Å². The Morgan fingerprint density at radius 1 is 0.970 bits per heavy atom. The molecule has 3 heterocycles. The molecule has 2 aliphatic heterocycles. The zero-order valence-electron chi connectivity index (χ0n) is 19.1. The number of nitrogens with zero attached hydrogens (tertiary/aromatic N) is 4. The number of rotatable bonds is 5. The summed E-state index contributed by atoms with van der Waals surface area (Å²) in [6.45, 7) is 4.98. The molecule has 3 aromatic rings. The van der Waals surface area contributed by atoms with Crippen LogP contribution in [0.3, 0.4) is 0 Å². The van der Waals surface area contributed by atoms with Crippen molar-refractivity contribution in [2.24, 2.45) is 0 Å². The lowest BCUT2D eigenvalue weighted by Crippen LogP contribution is -2.37. The van der Waals surface area contributed by atoms with Crippen molar-refractivity contribution in [2.75, 3.05) is 31.6 Å². The van der Waals surface area contributed by atoms with E-state index in [0.717, 1.165) is 48.9 Å². The molecular weight excluding hydrogens is 416 g/mol. The number of methoxy groups -OCH3 is 1. The number of carbonyl (C=O) groups excluding carboxylic acids is 1. The second-order valence-corrected chi connectivity index (χ2v) is 8.57. The first-order valence-corrected chi connectivity index (χ1v) is 11.4. The zero-order valence-corrected chi connectivity index (χ0v) is 19.1. The van der Waals surface area contributed by atoms with E-state index in [9.17, 15) is 4.79 Å². The molecule has 2 aliphatic rings. The van der Waals surface area contributed by atoms with E-state index in [1.54, 1.807) is 13.2 Å². The summed E-state index contributed by atoms with van der Waals surface area (Å²) in [6, 6.07) is 15.2. The summed E-state index contributed by atoms with van der Waals surface area (Å²) in [7, 11) is 1.60. The van der Waals surface area contributed by atoms with Crippen molar-refractivity contribution in [3.05, 3.63) is 70.9 Å². The molecule has 0 saturated carbocycles. The van der Waals surface area contributed by atoms with Gasteiger partial charge in [0.15, 0.2) is 0 Å². The second-order valence-electron chi connectivity index (χ2n) is 8.57. The largest absolute Gasteiger partial charge is 0.497 e. The Hall–Kier alpha value is -3.61. The van der Waals surface area contributed by atoms with Crippen molar-refractivity contribution in [3.8, 4) is 17.4 Å². The number of hydrogen-bond acceptors (Lipinski definition) is 6. The Balaban J connectivity index is 1.47. The van der Waals surface area contributed by atoms with E-state index in [0.29, 0.717) is 36.7 Å². The number of aromatic nitrogens is 2. The van der Waals surface area contributed by atoms with Crippen LogP contribution in [0.1, 0.15) is 40.0 Å². The van der Waals surface area contributed by atoms with Gasteiger partial charge in [-0.25, -0.2) is 4.98 Å². The normalized spacial score (nSPS) is 15.3. The van der Waals surface area contributed by atoms with Crippen LogP contribution < -0.4 is 14.4 Å². The average Bonchev–Trinajstić information content (AvgIpc) is 3.40. The van der Waals surface area contributed by atoms with Gasteiger partial charge in [0.2, 0.25) is 11.8 Å². The molecule has 0 bridgehead atoms. The third-order valence-electron chi connectivity index (χ3n) is 6.24. The predicted molar refractivity (Wildman–Crippen MR) is 126 cm³/mol. The minimum Gasteiger partial charge on any atom is -0.497 e. The molecule has 1 saturated heterocycles. The predicted octanol–water partition coefficient (Wildman–Crippen LogP) is 4.38. The van der Waals surface area contributed by atoms with Gasteiger partial charge in [0.05, 0.1) is 24.9 Å². The van der Waals surface area contributed by atoms with Crippen molar-refractivity contribution in [1.29, 1.82) is 0 Å². The third kappa shape index (κ3) is 4.49. The summed E-state index contributed by atoms with van der Waals surface area (Å²) in [5, 5.41) is 0. The molecule has 1 fully saturated rings. The van der Waals surface area contributed by atoms with Crippen LogP contribution in [0.5, 0.6) is 17.4 Å². The summed E-state index contributed by atoms with van der Waals surface area (Å²) < 4.78 is 11.6. The molecule has 0 N–H and O–H groups in total. The Kier molecular flexibility index (Phi) is 5.86. The molecule has 170 valence electrons. The highest BCUT2D eigenvalue weighted by Gasteiger charge is 2.29. The van der Waals surface area contributed by atoms with Gasteiger partial charge in [0.1, 0.15) is 11.5 Å². The highest BCUT2D eigenvalue weighted by molar-refractivity contribution is 5.94. The quantitative estimate of drug-likeness (QED) is 0.582. The molecule has 0 radical (unpaired) electrons. The van der Waals surface area contributed by atoms with Crippen LogP contribution in [0.25, 0.3) is 0 Å². The molecule has 0 spiro atoms. The number of ether oxygens (including phenoxy) is 2. The summed E-state index contributed by atoms with van der Waals surface area (Å²) in [6.07, 6.45) is 2.97. The smallest absolute Gasteiger partial charge is 0.254 e. The summed E-state index contributed by atoms with van der Waals surface area (Å²) in [5.41, 5.74) is 3.61. The number of amides is 1. The third-order valence-corrected chi connectivity index (χ3v) is 6.24. The second kappa shape index (κ2) is 9.10. The fourth-order valence-electron chi connectivity index (χ4n) is 4.34. The molecule has 0 unspecified atom stereocenters. The van der Waals surface area contributed by atoms with Gasteiger partial charge < -0.3 is 19.3 Å². The zero-order chi connectivity index (χ0) is 22.8. The number of carbonyl (C=O) groups is 1. The minimum absolute atomic E-state index is 0.0375. The van der Waals surface area contributed by atoms with Crippen LogP contribution in [0.4, 0.5) is 5.95 Å². The minimum atomic E-state index is -0.0375. The van der Waals surface area contributed by atoms with Gasteiger partial charge in [-0.15, -0.1) is 0 Å². The van der Waals surface area contributed by atoms with Gasteiger partial charge in [-0.05, 0) is 50.1 Å². The van der Waals surface area contributed by atoms with Crippen LogP contribution in [-0.2, 0) is 13.0 Å². The Labute approximate surface area is 194 Å². The number of aryl methyl sites for hydroxylation is 1. The molecule has 2 aromatic carbocycles. The molecule has 0 atom stereocenters. The molecule has 1 amide bonds. The number of benzene rings is 2. The first kappa shape index (κ1) is 21.2. The first-order chi connectivity index (χ1) is 16.1. The average molecular weight is 445 g/mol. The Bertz CT molecular complexity index is 1160. The SMILES string of the molecule is COc1cccc(C(=O)N2CCc3nc(N4CCCC4)nc(Oc4ccc(C)cc4)c3C2)c1. The molecule has 5 rings (SSSR count). The lowest BCUT2D eigenvalue weighted by molar-refractivity contribution is 0.0731. The summed E-state index contributed by atoms with van der Waals surface area (Å²) in [5.74, 6) is 2.62. The molecule has 7 heteroatoms. The number of hydrogen-bond donors (Lipinski definition) is 0. The van der Waals surface area contributed by atoms with Crippen LogP contribution >= 0.6 is 0 Å². The van der Waals surface area contributed by atoms with Crippen molar-refractivity contribution in [2.45, 2.75) is 32.7 Å². The van der Waals surface area contributed by atoms with Gasteiger partial charge in [-0.1, -0.05) is 23.8 Å². The lowest BCUT2D eigenvalue weighted by Gasteiger charge is -2.30. The van der Waals surface area contributed by atoms with Gasteiger partial charge in [-0.3, -0.25) is 4.79 Å². The maximum absolute atomic E-state index is 13.2. The van der Waals surface area contributed by atoms with Gasteiger partial charge >= 0.3 is 0 Å². The van der Waals surface area contributed by atoms with E-state index < -0.39 is 0 Å². The Morgan fingerprint density at radius 3 is 2.52 bits per heavy atom. The summed E-state index contributed by atoms with van der Waals surface area (Å²) >= 11 is 0.